The molecule has 0 atom stereocenters. The van der Waals surface area contributed by atoms with Crippen LogP contribution in [-0.2, 0) is 0 Å². The molecular formula is C87H156N20O6. The molecule has 8 aliphatic rings. The molecule has 26 heteroatoms. The summed E-state index contributed by atoms with van der Waals surface area (Å²) in [4.78, 5) is 55.4. The lowest BCUT2D eigenvalue weighted by molar-refractivity contribution is 0.0400. The maximum atomic E-state index is 7.16. The molecule has 8 aliphatic heterocycles. The second-order valence-electron chi connectivity index (χ2n) is 46.8. The van der Waals surface area contributed by atoms with Gasteiger partial charge in [0.1, 0.15) is 36.6 Å². The number of hydrogen-bond acceptors (Lipinski definition) is 26. The molecule has 0 unspecified atom stereocenters. The zero-order valence-corrected chi connectivity index (χ0v) is 76.5. The minimum absolute atomic E-state index is 0.00360. The number of nitrogens with zero attached hydrogens (tertiary/aromatic N) is 12. The molecule has 3 aromatic heterocycles. The Morgan fingerprint density at radius 1 is 0.212 bits per heavy atom. The Morgan fingerprint density at radius 3 is 0.531 bits per heavy atom. The van der Waals surface area contributed by atoms with E-state index in [0.29, 0.717) is 56.9 Å². The van der Waals surface area contributed by atoms with Crippen molar-refractivity contribution in [1.29, 1.82) is 0 Å². The summed E-state index contributed by atoms with van der Waals surface area (Å²) in [5.74, 6) is 1.56. The molecule has 11 heterocycles. The van der Waals surface area contributed by atoms with Crippen LogP contribution < -0.4 is 85.7 Å². The summed E-state index contributed by atoms with van der Waals surface area (Å²) < 4.78 is 42.8. The summed E-state index contributed by atoms with van der Waals surface area (Å²) >= 11 is 0. The quantitative estimate of drug-likeness (QED) is 0.0391. The van der Waals surface area contributed by atoms with Crippen molar-refractivity contribution in [2.75, 3.05) is 40.9 Å². The first-order valence-electron chi connectivity index (χ1n) is 43.3. The highest BCUT2D eigenvalue weighted by Crippen LogP contribution is 2.42. The van der Waals surface area contributed by atoms with Crippen LogP contribution in [0.25, 0.3) is 0 Å². The molecule has 113 heavy (non-hydrogen) atoms. The summed E-state index contributed by atoms with van der Waals surface area (Å²) in [6.07, 6.45) is 12.8. The van der Waals surface area contributed by atoms with Gasteiger partial charge in [-0.2, -0.15) is 29.9 Å². The van der Waals surface area contributed by atoms with E-state index in [2.05, 4.69) is 279 Å². The van der Waals surface area contributed by atoms with E-state index in [9.17, 15) is 0 Å². The van der Waals surface area contributed by atoms with E-state index < -0.39 is 0 Å². The van der Waals surface area contributed by atoms with Crippen molar-refractivity contribution < 1.29 is 28.4 Å². The van der Waals surface area contributed by atoms with Gasteiger partial charge in [-0.3, -0.25) is 0 Å². The largest absolute Gasteiger partial charge is 0.460 e. The van der Waals surface area contributed by atoms with Gasteiger partial charge in [0.25, 0.3) is 0 Å². The van der Waals surface area contributed by atoms with Gasteiger partial charge < -0.3 is 85.7 Å². The smallest absolute Gasteiger partial charge is 0.324 e. The third kappa shape index (κ3) is 25.5. The molecule has 0 amide bonds. The van der Waals surface area contributed by atoms with Gasteiger partial charge in [-0.1, -0.05) is 0 Å². The zero-order valence-electron chi connectivity index (χ0n) is 76.5. The van der Waals surface area contributed by atoms with Gasteiger partial charge in [0.05, 0.1) is 0 Å². The summed E-state index contributed by atoms with van der Waals surface area (Å²) in [5.41, 5.74) is -3.29. The Kier molecular flexibility index (Phi) is 24.5. The van der Waals surface area contributed by atoms with E-state index in [0.717, 1.165) is 103 Å². The molecule has 0 spiro atoms. The molecule has 8 fully saturated rings. The topological polar surface area (TPSA) is 277 Å². The van der Waals surface area contributed by atoms with Crippen molar-refractivity contribution in [2.24, 2.45) is 0 Å². The van der Waals surface area contributed by atoms with Crippen molar-refractivity contribution in [2.45, 2.75) is 474 Å². The van der Waals surface area contributed by atoms with Crippen molar-refractivity contribution >= 4 is 17.8 Å². The Hall–Kier alpha value is -5.09. The molecule has 11 rings (SSSR count). The van der Waals surface area contributed by atoms with E-state index in [4.69, 9.17) is 73.3 Å². The van der Waals surface area contributed by atoms with Crippen molar-refractivity contribution in [1.82, 2.24) is 87.4 Å². The van der Waals surface area contributed by atoms with E-state index >= 15 is 0 Å². The van der Waals surface area contributed by atoms with Crippen LogP contribution in [0.15, 0.2) is 0 Å². The highest BCUT2D eigenvalue weighted by Gasteiger charge is 2.49. The van der Waals surface area contributed by atoms with Gasteiger partial charge in [0.15, 0.2) is 0 Å². The monoisotopic (exact) mass is 1580 g/mol. The summed E-state index contributed by atoms with van der Waals surface area (Å²) in [5, 5.41) is 31.2. The highest BCUT2D eigenvalue weighted by atomic mass is 16.5. The number of piperidine rings is 8. The fraction of sp³-hybridized carbons (Fsp3) is 0.897. The standard InChI is InChI=1S/C87H156N20O6/c1-72(2)39-55(40-73(3,4)97-72)106(64-90-68(110-59-47-80(17,18)101-81(19,20)48-59)95-69(91-64)111-60-49-82(21,22)102-83(23,24)50-60)37-33-35-105(63-88-66(108-57-43-76(9,10)99-77(11,12)44-57)94-67(89-63)109-58-45-78(13,14)100-79(15,16)46-58)36-34-38-107(56-41-74(5,6)98-75(7,8)42-56)65-92-70(112-61-51-84(25,26)103-85(27,28)52-61)96-71(93-65)113-62-53-86(29,30)104-87(31,32)54-62/h55-62,97-104H,33-54H2,1-32H3. The number of aromatic nitrogens is 9. The van der Waals surface area contributed by atoms with Gasteiger partial charge in [0.2, 0.25) is 17.8 Å². The minimum atomic E-state index is -0.234. The lowest BCUT2D eigenvalue weighted by Gasteiger charge is -2.49. The Labute approximate surface area is 681 Å². The average molecular weight is 1580 g/mol. The molecule has 0 aliphatic carbocycles. The van der Waals surface area contributed by atoms with Crippen LogP contribution in [-0.4, -0.2) is 208 Å². The molecular weight excluding hydrogens is 1420 g/mol. The summed E-state index contributed by atoms with van der Waals surface area (Å²) in [7, 11) is 0. The first-order chi connectivity index (χ1) is 51.4. The molecule has 0 aromatic carbocycles. The molecule has 8 saturated heterocycles. The molecule has 0 saturated carbocycles. The lowest BCUT2D eigenvalue weighted by atomic mass is 9.79. The summed E-state index contributed by atoms with van der Waals surface area (Å²) in [6.45, 7) is 74.7. The molecule has 0 radical (unpaired) electrons. The van der Waals surface area contributed by atoms with E-state index in [1.54, 1.807) is 0 Å². The third-order valence-corrected chi connectivity index (χ3v) is 24.0. The van der Waals surface area contributed by atoms with Crippen LogP contribution >= 0.6 is 0 Å². The Bertz CT molecular complexity index is 3290. The van der Waals surface area contributed by atoms with E-state index in [-0.39, 0.29) is 173 Å². The van der Waals surface area contributed by atoms with E-state index in [1.807, 2.05) is 0 Å². The van der Waals surface area contributed by atoms with Gasteiger partial charge in [-0.25, -0.2) is 0 Å². The van der Waals surface area contributed by atoms with Gasteiger partial charge in [-0.05, 0) is 260 Å². The Balaban J connectivity index is 1.02. The van der Waals surface area contributed by atoms with Crippen LogP contribution in [0.3, 0.4) is 0 Å². The molecule has 8 N–H and O–H groups in total. The van der Waals surface area contributed by atoms with Gasteiger partial charge in [-0.15, -0.1) is 15.0 Å². The maximum Gasteiger partial charge on any atom is 0.324 e. The SMILES string of the molecule is CC1(C)CC(Oc2nc(OC3CC(C)(C)NC(C)(C)C3)nc(N(CCCN(c3nc(OC4CC(C)(C)NC(C)(C)C4)nc(OC4CC(C)(C)NC(C)(C)C4)n3)C3CC(C)(C)NC(C)(C)C3)CCCN(c3nc(OC4CC(C)(C)NC(C)(C)C4)nc(OC4CC(C)(C)NC(C)(C)C4)n3)C3CC(C)(C)NC(C)(C)C3)n2)CC(C)(C)N1. The first-order valence-corrected chi connectivity index (χ1v) is 43.3. The highest BCUT2D eigenvalue weighted by molar-refractivity contribution is 5.39. The normalized spacial score (nSPS) is 27.0. The lowest BCUT2D eigenvalue weighted by Crippen LogP contribution is -2.62. The molecule has 26 nitrogen and oxygen atoms in total. The number of nitrogens with one attached hydrogen (secondary N) is 8. The van der Waals surface area contributed by atoms with Crippen LogP contribution in [0.4, 0.5) is 17.8 Å². The number of anilines is 3. The minimum Gasteiger partial charge on any atom is -0.460 e. The first kappa shape index (κ1) is 88.7. The predicted molar refractivity (Wildman–Crippen MR) is 454 cm³/mol. The van der Waals surface area contributed by atoms with Crippen LogP contribution in [0, 0.1) is 0 Å². The maximum absolute atomic E-state index is 7.16. The second-order valence-corrected chi connectivity index (χ2v) is 46.8. The molecule has 640 valence electrons. The third-order valence-electron chi connectivity index (χ3n) is 24.0. The van der Waals surface area contributed by atoms with E-state index in [1.165, 1.54) is 0 Å². The van der Waals surface area contributed by atoms with Crippen molar-refractivity contribution in [3.63, 3.8) is 0 Å². The zero-order chi connectivity index (χ0) is 83.4. The summed E-state index contributed by atoms with van der Waals surface area (Å²) in [6, 6.07) is 1.61. The van der Waals surface area contributed by atoms with Crippen molar-refractivity contribution in [3.8, 4) is 36.1 Å². The van der Waals surface area contributed by atoms with Crippen molar-refractivity contribution in [3.05, 3.63) is 0 Å². The number of hydrogen-bond donors (Lipinski definition) is 8. The van der Waals surface area contributed by atoms with Crippen LogP contribution in [0.5, 0.6) is 36.1 Å². The van der Waals surface area contributed by atoms with Gasteiger partial charge >= 0.3 is 36.1 Å². The Morgan fingerprint density at radius 2 is 0.363 bits per heavy atom. The average Bonchev–Trinajstić information content (AvgIpc) is 0.774. The fourth-order valence-electron chi connectivity index (χ4n) is 23.5. The van der Waals surface area contributed by atoms with Gasteiger partial charge in [0, 0.05) is 204 Å². The molecule has 3 aromatic rings. The van der Waals surface area contributed by atoms with Crippen LogP contribution in [0.2, 0.25) is 0 Å². The fourth-order valence-corrected chi connectivity index (χ4v) is 23.5. The predicted octanol–water partition coefficient (Wildman–Crippen LogP) is 13.6. The number of ether oxygens (including phenoxy) is 6. The number of rotatable bonds is 25. The van der Waals surface area contributed by atoms with Crippen LogP contribution in [0.1, 0.15) is 337 Å². The molecule has 0 bridgehead atoms. The second kappa shape index (κ2) is 31.2.